The van der Waals surface area contributed by atoms with E-state index in [1.807, 2.05) is 10.9 Å². The van der Waals surface area contributed by atoms with Crippen molar-refractivity contribution < 1.29 is 5.11 Å². The highest BCUT2D eigenvalue weighted by Gasteiger charge is 2.43. The van der Waals surface area contributed by atoms with E-state index in [1.54, 1.807) is 0 Å². The molecule has 0 spiro atoms. The molecular formula is C15H21N3O. The normalized spacial score (nSPS) is 18.7. The lowest BCUT2D eigenvalue weighted by Gasteiger charge is -2.27. The van der Waals surface area contributed by atoms with Crippen molar-refractivity contribution in [3.05, 3.63) is 29.6 Å². The lowest BCUT2D eigenvalue weighted by atomic mass is 9.98. The fraction of sp³-hybridized carbons (Fsp3) is 0.533. The van der Waals surface area contributed by atoms with E-state index in [4.69, 9.17) is 5.73 Å². The molecule has 3 N–H and O–H groups in total. The van der Waals surface area contributed by atoms with Crippen LogP contribution in [-0.2, 0) is 6.54 Å². The Hall–Kier alpha value is -1.39. The van der Waals surface area contributed by atoms with E-state index >= 15 is 0 Å². The maximum Gasteiger partial charge on any atom is 0.0975 e. The summed E-state index contributed by atoms with van der Waals surface area (Å²) in [4.78, 5) is 4.43. The predicted octanol–water partition coefficient (Wildman–Crippen LogP) is 1.75. The largest absolute Gasteiger partial charge is 0.386 e. The molecule has 1 aromatic heterocycles. The highest BCUT2D eigenvalue weighted by Crippen LogP contribution is 2.40. The molecule has 1 unspecified atom stereocenters. The van der Waals surface area contributed by atoms with Crippen LogP contribution in [0.1, 0.15) is 24.0 Å². The van der Waals surface area contributed by atoms with E-state index in [2.05, 4.69) is 31.0 Å². The first-order valence-electron chi connectivity index (χ1n) is 6.88. The number of benzene rings is 1. The third-order valence-electron chi connectivity index (χ3n) is 4.37. The summed E-state index contributed by atoms with van der Waals surface area (Å²) < 4.78 is 2.03. The molecule has 3 rings (SSSR count). The molecule has 102 valence electrons. The monoisotopic (exact) mass is 259 g/mol. The molecule has 0 aliphatic heterocycles. The van der Waals surface area contributed by atoms with Crippen LogP contribution in [0.4, 0.5) is 0 Å². The van der Waals surface area contributed by atoms with Crippen molar-refractivity contribution in [2.24, 2.45) is 11.7 Å². The van der Waals surface area contributed by atoms with Crippen LogP contribution >= 0.6 is 0 Å². The fourth-order valence-electron chi connectivity index (χ4n) is 2.72. The van der Waals surface area contributed by atoms with Gasteiger partial charge in [0, 0.05) is 6.54 Å². The van der Waals surface area contributed by atoms with Crippen LogP contribution in [-0.4, -0.2) is 26.8 Å². The summed E-state index contributed by atoms with van der Waals surface area (Å²) in [5.74, 6) is 0.349. The summed E-state index contributed by atoms with van der Waals surface area (Å²) in [6, 6.07) is 4.24. The van der Waals surface area contributed by atoms with Gasteiger partial charge in [0.25, 0.3) is 0 Å². The maximum absolute atomic E-state index is 10.6. The zero-order valence-corrected chi connectivity index (χ0v) is 11.6. The SMILES string of the molecule is Cc1cc2ncn(CC(O)(CN)C3CC3)c2cc1C. The third kappa shape index (κ3) is 2.15. The second-order valence-electron chi connectivity index (χ2n) is 5.88. The quantitative estimate of drug-likeness (QED) is 0.879. The first-order chi connectivity index (χ1) is 9.03. The minimum atomic E-state index is -0.785. The molecule has 1 atom stereocenters. The molecule has 1 aromatic carbocycles. The van der Waals surface area contributed by atoms with Gasteiger partial charge in [-0.2, -0.15) is 0 Å². The smallest absolute Gasteiger partial charge is 0.0975 e. The van der Waals surface area contributed by atoms with Crippen LogP contribution in [0.25, 0.3) is 11.0 Å². The van der Waals surface area contributed by atoms with Gasteiger partial charge in [0.2, 0.25) is 0 Å². The van der Waals surface area contributed by atoms with E-state index < -0.39 is 5.60 Å². The Morgan fingerprint density at radius 2 is 2.05 bits per heavy atom. The van der Waals surface area contributed by atoms with Crippen LogP contribution in [0.15, 0.2) is 18.5 Å². The molecule has 4 nitrogen and oxygen atoms in total. The van der Waals surface area contributed by atoms with Crippen molar-refractivity contribution in [1.29, 1.82) is 0 Å². The summed E-state index contributed by atoms with van der Waals surface area (Å²) in [6.07, 6.45) is 3.98. The van der Waals surface area contributed by atoms with Gasteiger partial charge in [0.15, 0.2) is 0 Å². The predicted molar refractivity (Wildman–Crippen MR) is 75.9 cm³/mol. The van der Waals surface area contributed by atoms with Crippen molar-refractivity contribution in [3.8, 4) is 0 Å². The van der Waals surface area contributed by atoms with Gasteiger partial charge >= 0.3 is 0 Å². The first kappa shape index (κ1) is 12.6. The molecule has 1 heterocycles. The van der Waals surface area contributed by atoms with Gasteiger partial charge in [0.1, 0.15) is 0 Å². The number of hydrogen-bond acceptors (Lipinski definition) is 3. The number of imidazole rings is 1. The molecular weight excluding hydrogens is 238 g/mol. The summed E-state index contributed by atoms with van der Waals surface area (Å²) >= 11 is 0. The molecule has 19 heavy (non-hydrogen) atoms. The van der Waals surface area contributed by atoms with Crippen LogP contribution in [0.5, 0.6) is 0 Å². The minimum Gasteiger partial charge on any atom is -0.386 e. The van der Waals surface area contributed by atoms with Crippen molar-refractivity contribution in [1.82, 2.24) is 9.55 Å². The van der Waals surface area contributed by atoms with Gasteiger partial charge in [-0.25, -0.2) is 4.98 Å². The van der Waals surface area contributed by atoms with E-state index in [-0.39, 0.29) is 0 Å². The standard InChI is InChI=1S/C15H21N3O/c1-10-5-13-14(6-11(10)2)18(9-17-13)8-15(19,7-16)12-3-4-12/h5-6,9,12,19H,3-4,7-8,16H2,1-2H3. The van der Waals surface area contributed by atoms with Gasteiger partial charge in [-0.1, -0.05) is 0 Å². The second kappa shape index (κ2) is 4.32. The molecule has 2 aromatic rings. The Bertz CT molecular complexity index is 615. The van der Waals surface area contributed by atoms with E-state index in [0.29, 0.717) is 19.0 Å². The highest BCUT2D eigenvalue weighted by atomic mass is 16.3. The number of fused-ring (bicyclic) bond motifs is 1. The lowest BCUT2D eigenvalue weighted by Crippen LogP contribution is -2.43. The Morgan fingerprint density at radius 3 is 2.68 bits per heavy atom. The summed E-state index contributed by atoms with van der Waals surface area (Å²) in [5, 5.41) is 10.6. The van der Waals surface area contributed by atoms with Crippen molar-refractivity contribution >= 4 is 11.0 Å². The van der Waals surface area contributed by atoms with E-state index in [1.165, 1.54) is 11.1 Å². The molecule has 0 saturated heterocycles. The number of nitrogens with two attached hydrogens (primary N) is 1. The average Bonchev–Trinajstić information content (AvgIpc) is 3.18. The maximum atomic E-state index is 10.6. The van der Waals surface area contributed by atoms with E-state index in [0.717, 1.165) is 23.9 Å². The molecule has 0 radical (unpaired) electrons. The first-order valence-corrected chi connectivity index (χ1v) is 6.88. The second-order valence-corrected chi connectivity index (χ2v) is 5.88. The van der Waals surface area contributed by atoms with Crippen molar-refractivity contribution in [3.63, 3.8) is 0 Å². The van der Waals surface area contributed by atoms with Crippen molar-refractivity contribution in [2.45, 2.75) is 38.8 Å². The summed E-state index contributed by atoms with van der Waals surface area (Å²) in [7, 11) is 0. The fourth-order valence-corrected chi connectivity index (χ4v) is 2.72. The number of rotatable bonds is 4. The molecule has 1 fully saturated rings. The zero-order valence-electron chi connectivity index (χ0n) is 11.6. The highest BCUT2D eigenvalue weighted by molar-refractivity contribution is 5.77. The van der Waals surface area contributed by atoms with Crippen LogP contribution in [0, 0.1) is 19.8 Å². The number of aromatic nitrogens is 2. The average molecular weight is 259 g/mol. The number of aryl methyl sites for hydroxylation is 2. The van der Waals surface area contributed by atoms with E-state index in [9.17, 15) is 5.11 Å². The van der Waals surface area contributed by atoms with Crippen LogP contribution < -0.4 is 5.73 Å². The molecule has 0 amide bonds. The zero-order chi connectivity index (χ0) is 13.6. The van der Waals surface area contributed by atoms with Gasteiger partial charge in [-0.05, 0) is 55.9 Å². The number of aliphatic hydroxyl groups is 1. The molecule has 1 aliphatic rings. The van der Waals surface area contributed by atoms with Gasteiger partial charge in [-0.3, -0.25) is 0 Å². The van der Waals surface area contributed by atoms with Crippen LogP contribution in [0.2, 0.25) is 0 Å². The third-order valence-corrected chi connectivity index (χ3v) is 4.37. The minimum absolute atomic E-state index is 0.308. The Labute approximate surface area is 113 Å². The molecule has 4 heteroatoms. The number of nitrogens with zero attached hydrogens (tertiary/aromatic N) is 2. The topological polar surface area (TPSA) is 64.1 Å². The van der Waals surface area contributed by atoms with Crippen molar-refractivity contribution in [2.75, 3.05) is 6.54 Å². The van der Waals surface area contributed by atoms with Gasteiger partial charge in [-0.15, -0.1) is 0 Å². The Morgan fingerprint density at radius 1 is 1.37 bits per heavy atom. The molecule has 1 aliphatic carbocycles. The Kier molecular flexibility index (Phi) is 2.87. The molecule has 0 bridgehead atoms. The lowest BCUT2D eigenvalue weighted by molar-refractivity contribution is 0.0104. The van der Waals surface area contributed by atoms with Gasteiger partial charge in [0.05, 0.1) is 29.5 Å². The van der Waals surface area contributed by atoms with Crippen LogP contribution in [0.3, 0.4) is 0 Å². The molecule has 1 saturated carbocycles. The summed E-state index contributed by atoms with van der Waals surface area (Å²) in [5.41, 5.74) is 9.55. The summed E-state index contributed by atoms with van der Waals surface area (Å²) in [6.45, 7) is 5.03. The Balaban J connectivity index is 1.99. The number of hydrogen-bond donors (Lipinski definition) is 2. The van der Waals surface area contributed by atoms with Gasteiger partial charge < -0.3 is 15.4 Å².